The van der Waals surface area contributed by atoms with Crippen molar-refractivity contribution in [3.05, 3.63) is 52.1 Å². The minimum atomic E-state index is 0.342. The monoisotopic (exact) mass is 303 g/mol. The molecule has 2 N–H and O–H groups in total. The van der Waals surface area contributed by atoms with Gasteiger partial charge in [0.2, 0.25) is 5.88 Å². The Morgan fingerprint density at radius 1 is 1.39 bits per heavy atom. The molecule has 0 amide bonds. The predicted octanol–water partition coefficient (Wildman–Crippen LogP) is 2.88. The SMILES string of the molecule is N#Cc1cnc(OCc2cccc(Br)c2)c(N)c1. The molecule has 18 heavy (non-hydrogen) atoms. The number of aromatic nitrogens is 1. The van der Waals surface area contributed by atoms with E-state index in [2.05, 4.69) is 20.9 Å². The van der Waals surface area contributed by atoms with Crippen LogP contribution in [0.4, 0.5) is 5.69 Å². The minimum Gasteiger partial charge on any atom is -0.471 e. The number of hydrogen-bond donors (Lipinski definition) is 1. The number of pyridine rings is 1. The Morgan fingerprint density at radius 2 is 2.22 bits per heavy atom. The Kier molecular flexibility index (Phi) is 3.80. The largest absolute Gasteiger partial charge is 0.471 e. The number of halogens is 1. The summed E-state index contributed by atoms with van der Waals surface area (Å²) in [6.45, 7) is 0.378. The van der Waals surface area contributed by atoms with Crippen molar-refractivity contribution in [1.29, 1.82) is 5.26 Å². The molecule has 1 aromatic heterocycles. The molecular formula is C13H10BrN3O. The molecule has 2 aromatic rings. The molecule has 5 heteroatoms. The molecule has 0 saturated heterocycles. The van der Waals surface area contributed by atoms with Crippen LogP contribution in [0, 0.1) is 11.3 Å². The van der Waals surface area contributed by atoms with Crippen molar-refractivity contribution in [2.24, 2.45) is 0 Å². The van der Waals surface area contributed by atoms with Crippen LogP contribution >= 0.6 is 15.9 Å². The van der Waals surface area contributed by atoms with Gasteiger partial charge in [0.05, 0.1) is 11.3 Å². The fourth-order valence-electron chi connectivity index (χ4n) is 1.43. The fraction of sp³-hybridized carbons (Fsp3) is 0.0769. The average Bonchev–Trinajstić information content (AvgIpc) is 2.37. The molecule has 0 spiro atoms. The first-order valence-electron chi connectivity index (χ1n) is 5.22. The second kappa shape index (κ2) is 5.52. The highest BCUT2D eigenvalue weighted by Gasteiger charge is 2.04. The second-order valence-electron chi connectivity index (χ2n) is 3.65. The Bertz CT molecular complexity index is 607. The molecular weight excluding hydrogens is 294 g/mol. The van der Waals surface area contributed by atoms with E-state index in [0.29, 0.717) is 23.7 Å². The quantitative estimate of drug-likeness (QED) is 0.946. The molecule has 0 saturated carbocycles. The maximum Gasteiger partial charge on any atom is 0.237 e. The summed E-state index contributed by atoms with van der Waals surface area (Å²) in [6, 6.07) is 11.3. The molecule has 0 aliphatic heterocycles. The van der Waals surface area contributed by atoms with Gasteiger partial charge in [0.1, 0.15) is 12.7 Å². The molecule has 0 bridgehead atoms. The topological polar surface area (TPSA) is 71.9 Å². The van der Waals surface area contributed by atoms with Crippen molar-refractivity contribution in [3.63, 3.8) is 0 Å². The molecule has 0 fully saturated rings. The van der Waals surface area contributed by atoms with Gasteiger partial charge in [0, 0.05) is 10.7 Å². The van der Waals surface area contributed by atoms with Gasteiger partial charge in [-0.15, -0.1) is 0 Å². The van der Waals surface area contributed by atoms with Gasteiger partial charge >= 0.3 is 0 Å². The van der Waals surface area contributed by atoms with Crippen LogP contribution in [0.3, 0.4) is 0 Å². The summed E-state index contributed by atoms with van der Waals surface area (Å²) >= 11 is 3.39. The number of anilines is 1. The third kappa shape index (κ3) is 2.99. The molecule has 0 radical (unpaired) electrons. The van der Waals surface area contributed by atoms with Gasteiger partial charge < -0.3 is 10.5 Å². The Hall–Kier alpha value is -2.06. The molecule has 1 aromatic carbocycles. The number of benzene rings is 1. The van der Waals surface area contributed by atoms with Gasteiger partial charge in [-0.3, -0.25) is 0 Å². The number of nitrogens with zero attached hydrogens (tertiary/aromatic N) is 2. The predicted molar refractivity (Wildman–Crippen MR) is 71.8 cm³/mol. The highest BCUT2D eigenvalue weighted by molar-refractivity contribution is 9.10. The number of nitrogen functional groups attached to an aromatic ring is 1. The van der Waals surface area contributed by atoms with Gasteiger partial charge in [0.25, 0.3) is 0 Å². The van der Waals surface area contributed by atoms with Crippen LogP contribution in [0.25, 0.3) is 0 Å². The normalized spacial score (nSPS) is 9.78. The zero-order valence-electron chi connectivity index (χ0n) is 9.43. The van der Waals surface area contributed by atoms with E-state index >= 15 is 0 Å². The molecule has 2 rings (SSSR count). The number of ether oxygens (including phenoxy) is 1. The standard InChI is InChI=1S/C13H10BrN3O/c14-11-3-1-2-9(4-11)8-18-13-12(16)5-10(6-15)7-17-13/h1-5,7H,8,16H2. The first-order valence-corrected chi connectivity index (χ1v) is 6.01. The summed E-state index contributed by atoms with van der Waals surface area (Å²) in [5.41, 5.74) is 7.54. The minimum absolute atomic E-state index is 0.342. The molecule has 0 atom stereocenters. The van der Waals surface area contributed by atoms with E-state index in [1.165, 1.54) is 6.20 Å². The summed E-state index contributed by atoms with van der Waals surface area (Å²) in [4.78, 5) is 4.01. The van der Waals surface area contributed by atoms with Gasteiger partial charge in [-0.2, -0.15) is 5.26 Å². The van der Waals surface area contributed by atoms with E-state index in [9.17, 15) is 0 Å². The maximum atomic E-state index is 8.70. The Balaban J connectivity index is 2.09. The van der Waals surface area contributed by atoms with Crippen LogP contribution < -0.4 is 10.5 Å². The molecule has 90 valence electrons. The number of hydrogen-bond acceptors (Lipinski definition) is 4. The van der Waals surface area contributed by atoms with E-state index < -0.39 is 0 Å². The highest BCUT2D eigenvalue weighted by atomic mass is 79.9. The Morgan fingerprint density at radius 3 is 2.89 bits per heavy atom. The van der Waals surface area contributed by atoms with Gasteiger partial charge in [0.15, 0.2) is 0 Å². The van der Waals surface area contributed by atoms with E-state index in [1.54, 1.807) is 6.07 Å². The van der Waals surface area contributed by atoms with Crippen LogP contribution in [0.5, 0.6) is 5.88 Å². The second-order valence-corrected chi connectivity index (χ2v) is 4.56. The average molecular weight is 304 g/mol. The first kappa shape index (κ1) is 12.4. The van der Waals surface area contributed by atoms with Crippen LogP contribution in [0.15, 0.2) is 41.0 Å². The van der Waals surface area contributed by atoms with Crippen molar-refractivity contribution < 1.29 is 4.74 Å². The van der Waals surface area contributed by atoms with Gasteiger partial charge in [-0.05, 0) is 23.8 Å². The number of nitrogens with two attached hydrogens (primary N) is 1. The van der Waals surface area contributed by atoms with E-state index in [1.807, 2.05) is 30.3 Å². The first-order chi connectivity index (χ1) is 8.69. The highest BCUT2D eigenvalue weighted by Crippen LogP contribution is 2.20. The maximum absolute atomic E-state index is 8.70. The van der Waals surface area contributed by atoms with Crippen molar-refractivity contribution in [3.8, 4) is 11.9 Å². The summed E-state index contributed by atoms with van der Waals surface area (Å²) in [6.07, 6.45) is 1.44. The molecule has 4 nitrogen and oxygen atoms in total. The lowest BCUT2D eigenvalue weighted by molar-refractivity contribution is 0.295. The van der Waals surface area contributed by atoms with Crippen molar-refractivity contribution in [1.82, 2.24) is 4.98 Å². The van der Waals surface area contributed by atoms with Crippen molar-refractivity contribution in [2.45, 2.75) is 6.61 Å². The van der Waals surface area contributed by atoms with Crippen molar-refractivity contribution >= 4 is 21.6 Å². The number of nitriles is 1. The summed E-state index contributed by atoms with van der Waals surface area (Å²) in [5, 5.41) is 8.70. The van der Waals surface area contributed by atoms with Crippen LogP contribution in [0.2, 0.25) is 0 Å². The third-order valence-corrected chi connectivity index (χ3v) is 2.77. The zero-order valence-corrected chi connectivity index (χ0v) is 11.0. The molecule has 0 unspecified atom stereocenters. The van der Waals surface area contributed by atoms with E-state index in [0.717, 1.165) is 10.0 Å². The fourth-order valence-corrected chi connectivity index (χ4v) is 1.88. The third-order valence-electron chi connectivity index (χ3n) is 2.27. The lowest BCUT2D eigenvalue weighted by atomic mass is 10.2. The molecule has 1 heterocycles. The van der Waals surface area contributed by atoms with Crippen molar-refractivity contribution in [2.75, 3.05) is 5.73 Å². The summed E-state index contributed by atoms with van der Waals surface area (Å²) in [7, 11) is 0. The van der Waals surface area contributed by atoms with Gasteiger partial charge in [-0.25, -0.2) is 4.98 Å². The Labute approximate surface area is 113 Å². The lowest BCUT2D eigenvalue weighted by Gasteiger charge is -2.08. The smallest absolute Gasteiger partial charge is 0.237 e. The van der Waals surface area contributed by atoms with Gasteiger partial charge in [-0.1, -0.05) is 28.1 Å². The lowest BCUT2D eigenvalue weighted by Crippen LogP contribution is -2.01. The molecule has 0 aliphatic carbocycles. The zero-order chi connectivity index (χ0) is 13.0. The van der Waals surface area contributed by atoms with Crippen LogP contribution in [-0.2, 0) is 6.61 Å². The summed E-state index contributed by atoms with van der Waals surface area (Å²) < 4.78 is 6.50. The number of rotatable bonds is 3. The van der Waals surface area contributed by atoms with Crippen LogP contribution in [-0.4, -0.2) is 4.98 Å². The van der Waals surface area contributed by atoms with E-state index in [4.69, 9.17) is 15.7 Å². The molecule has 0 aliphatic rings. The van der Waals surface area contributed by atoms with E-state index in [-0.39, 0.29) is 0 Å². The van der Waals surface area contributed by atoms with Crippen LogP contribution in [0.1, 0.15) is 11.1 Å². The summed E-state index contributed by atoms with van der Waals surface area (Å²) in [5.74, 6) is 0.342.